The summed E-state index contributed by atoms with van der Waals surface area (Å²) < 4.78 is 0. The predicted octanol–water partition coefficient (Wildman–Crippen LogP) is 4.16. The maximum absolute atomic E-state index is 13.5. The molecular weight excluding hydrogens is 360 g/mol. The molecule has 0 spiro atoms. The summed E-state index contributed by atoms with van der Waals surface area (Å²) in [5.74, 6) is 0.0929. The summed E-state index contributed by atoms with van der Waals surface area (Å²) in [7, 11) is 0. The first-order valence-corrected chi connectivity index (χ1v) is 10.5. The van der Waals surface area contributed by atoms with Crippen LogP contribution in [-0.4, -0.2) is 58.4 Å². The lowest BCUT2D eigenvalue weighted by molar-refractivity contribution is 0.0637. The number of unbranched alkanes of at least 4 members (excludes halogenated alkanes) is 1. The van der Waals surface area contributed by atoms with Crippen LogP contribution in [0.4, 0.5) is 0 Å². The number of amides is 1. The van der Waals surface area contributed by atoms with E-state index in [0.29, 0.717) is 0 Å². The van der Waals surface area contributed by atoms with Gasteiger partial charge < -0.3 is 4.90 Å². The molecule has 2 aromatic heterocycles. The minimum Gasteiger partial charge on any atom is -0.336 e. The molecule has 0 atom stereocenters. The lowest BCUT2D eigenvalue weighted by Gasteiger charge is -2.35. The summed E-state index contributed by atoms with van der Waals surface area (Å²) in [6.07, 6.45) is 4.18. The molecule has 1 aliphatic rings. The van der Waals surface area contributed by atoms with Crippen LogP contribution < -0.4 is 0 Å². The van der Waals surface area contributed by atoms with E-state index in [0.717, 1.165) is 66.1 Å². The van der Waals surface area contributed by atoms with Gasteiger partial charge in [-0.25, -0.2) is 4.98 Å². The van der Waals surface area contributed by atoms with Gasteiger partial charge in [-0.3, -0.25) is 14.7 Å². The molecule has 0 bridgehead atoms. The molecule has 1 fully saturated rings. The van der Waals surface area contributed by atoms with Gasteiger partial charge in [0.05, 0.1) is 22.5 Å². The number of rotatable bonds is 5. The summed E-state index contributed by atoms with van der Waals surface area (Å²) in [6.45, 7) is 8.83. The van der Waals surface area contributed by atoms with Crippen LogP contribution in [-0.2, 0) is 0 Å². The summed E-state index contributed by atoms with van der Waals surface area (Å²) in [5, 5.41) is 0.920. The van der Waals surface area contributed by atoms with Crippen molar-refractivity contribution in [1.29, 1.82) is 0 Å². The van der Waals surface area contributed by atoms with Crippen molar-refractivity contribution in [3.05, 3.63) is 59.8 Å². The number of aromatic nitrogens is 2. The van der Waals surface area contributed by atoms with E-state index in [-0.39, 0.29) is 5.91 Å². The average molecular weight is 389 g/mol. The number of benzene rings is 1. The van der Waals surface area contributed by atoms with E-state index in [1.807, 2.05) is 48.2 Å². The van der Waals surface area contributed by atoms with E-state index in [1.54, 1.807) is 6.20 Å². The van der Waals surface area contributed by atoms with Crippen LogP contribution in [0.5, 0.6) is 0 Å². The molecule has 3 aromatic rings. The van der Waals surface area contributed by atoms with Crippen LogP contribution >= 0.6 is 0 Å². The molecule has 0 radical (unpaired) electrons. The second kappa shape index (κ2) is 8.70. The number of nitrogens with zero attached hydrogens (tertiary/aromatic N) is 4. The zero-order chi connectivity index (χ0) is 20.2. The third kappa shape index (κ3) is 4.30. The highest BCUT2D eigenvalue weighted by molar-refractivity contribution is 6.07. The van der Waals surface area contributed by atoms with Gasteiger partial charge >= 0.3 is 0 Å². The molecular formula is C24H28N4O. The molecule has 1 amide bonds. The standard InChI is InChI=1S/C24H28N4O/c1-3-4-11-27-12-14-28(15-13-27)24(29)20-17-23(22-7-5-6-10-25-22)26-21-9-8-18(2)16-19(20)21/h5-10,16-17H,3-4,11-15H2,1-2H3. The Morgan fingerprint density at radius 2 is 1.86 bits per heavy atom. The number of fused-ring (bicyclic) bond motifs is 1. The van der Waals surface area contributed by atoms with Gasteiger partial charge in [-0.05, 0) is 50.2 Å². The SMILES string of the molecule is CCCCN1CCN(C(=O)c2cc(-c3ccccn3)nc3ccc(C)cc23)CC1. The summed E-state index contributed by atoms with van der Waals surface area (Å²) in [4.78, 5) is 27.1. The van der Waals surface area contributed by atoms with Crippen LogP contribution in [0.25, 0.3) is 22.3 Å². The van der Waals surface area contributed by atoms with Crippen molar-refractivity contribution < 1.29 is 4.79 Å². The zero-order valence-electron chi connectivity index (χ0n) is 17.3. The molecule has 1 aromatic carbocycles. The number of carbonyl (C=O) groups excluding carboxylic acids is 1. The lowest BCUT2D eigenvalue weighted by atomic mass is 10.0. The summed E-state index contributed by atoms with van der Waals surface area (Å²) in [5.41, 5.74) is 4.22. The van der Waals surface area contributed by atoms with Gasteiger partial charge in [0.1, 0.15) is 0 Å². The maximum Gasteiger partial charge on any atom is 0.254 e. The van der Waals surface area contributed by atoms with E-state index in [9.17, 15) is 4.79 Å². The Bertz CT molecular complexity index is 994. The lowest BCUT2D eigenvalue weighted by Crippen LogP contribution is -2.48. The third-order valence-electron chi connectivity index (χ3n) is 5.61. The van der Waals surface area contributed by atoms with Crippen LogP contribution in [0.1, 0.15) is 35.7 Å². The molecule has 0 aliphatic carbocycles. The van der Waals surface area contributed by atoms with Crippen molar-refractivity contribution in [3.8, 4) is 11.4 Å². The Morgan fingerprint density at radius 3 is 2.59 bits per heavy atom. The molecule has 29 heavy (non-hydrogen) atoms. The van der Waals surface area contributed by atoms with Gasteiger partial charge in [0.2, 0.25) is 0 Å². The van der Waals surface area contributed by atoms with E-state index in [1.165, 1.54) is 12.8 Å². The Balaban J connectivity index is 1.67. The third-order valence-corrected chi connectivity index (χ3v) is 5.61. The largest absolute Gasteiger partial charge is 0.336 e. The molecule has 3 heterocycles. The van der Waals surface area contributed by atoms with Crippen LogP contribution in [0, 0.1) is 6.92 Å². The fourth-order valence-electron chi connectivity index (χ4n) is 3.89. The van der Waals surface area contributed by atoms with E-state index >= 15 is 0 Å². The van der Waals surface area contributed by atoms with Crippen molar-refractivity contribution in [2.24, 2.45) is 0 Å². The predicted molar refractivity (Wildman–Crippen MR) is 117 cm³/mol. The van der Waals surface area contributed by atoms with Gasteiger partial charge in [-0.1, -0.05) is 31.0 Å². The van der Waals surface area contributed by atoms with Crippen molar-refractivity contribution in [3.63, 3.8) is 0 Å². The minimum atomic E-state index is 0.0929. The number of hydrogen-bond acceptors (Lipinski definition) is 4. The van der Waals surface area contributed by atoms with Crippen LogP contribution in [0.15, 0.2) is 48.7 Å². The summed E-state index contributed by atoms with van der Waals surface area (Å²) >= 11 is 0. The Kier molecular flexibility index (Phi) is 5.86. The van der Waals surface area contributed by atoms with Gasteiger partial charge in [-0.2, -0.15) is 0 Å². The van der Waals surface area contributed by atoms with Crippen LogP contribution in [0.2, 0.25) is 0 Å². The minimum absolute atomic E-state index is 0.0929. The maximum atomic E-state index is 13.5. The van der Waals surface area contributed by atoms with Crippen molar-refractivity contribution in [2.75, 3.05) is 32.7 Å². The monoisotopic (exact) mass is 388 g/mol. The zero-order valence-corrected chi connectivity index (χ0v) is 17.3. The molecule has 1 saturated heterocycles. The molecule has 0 N–H and O–H groups in total. The first-order valence-electron chi connectivity index (χ1n) is 10.5. The average Bonchev–Trinajstić information content (AvgIpc) is 2.77. The number of hydrogen-bond donors (Lipinski definition) is 0. The molecule has 1 aliphatic heterocycles. The second-order valence-corrected chi connectivity index (χ2v) is 7.78. The van der Waals surface area contributed by atoms with Gasteiger partial charge in [0, 0.05) is 37.8 Å². The first kappa shape index (κ1) is 19.5. The van der Waals surface area contributed by atoms with E-state index in [2.05, 4.69) is 22.9 Å². The molecule has 150 valence electrons. The number of carbonyl (C=O) groups is 1. The van der Waals surface area contributed by atoms with Crippen molar-refractivity contribution >= 4 is 16.8 Å². The fraction of sp³-hybridized carbons (Fsp3) is 0.375. The highest BCUT2D eigenvalue weighted by atomic mass is 16.2. The van der Waals surface area contributed by atoms with Crippen molar-refractivity contribution in [2.45, 2.75) is 26.7 Å². The van der Waals surface area contributed by atoms with Gasteiger partial charge in [-0.15, -0.1) is 0 Å². The fourth-order valence-corrected chi connectivity index (χ4v) is 3.89. The molecule has 5 nitrogen and oxygen atoms in total. The summed E-state index contributed by atoms with van der Waals surface area (Å²) in [6, 6.07) is 13.8. The van der Waals surface area contributed by atoms with E-state index in [4.69, 9.17) is 4.98 Å². The Morgan fingerprint density at radius 1 is 1.03 bits per heavy atom. The smallest absolute Gasteiger partial charge is 0.254 e. The van der Waals surface area contributed by atoms with Crippen LogP contribution in [0.3, 0.4) is 0 Å². The number of aryl methyl sites for hydroxylation is 1. The topological polar surface area (TPSA) is 49.3 Å². The molecule has 4 rings (SSSR count). The highest BCUT2D eigenvalue weighted by Crippen LogP contribution is 2.26. The molecule has 0 saturated carbocycles. The van der Waals surface area contributed by atoms with Gasteiger partial charge in [0.15, 0.2) is 0 Å². The first-order chi connectivity index (χ1) is 14.2. The van der Waals surface area contributed by atoms with E-state index < -0.39 is 0 Å². The number of piperazine rings is 1. The Hall–Kier alpha value is -2.79. The Labute approximate surface area is 172 Å². The van der Waals surface area contributed by atoms with Gasteiger partial charge in [0.25, 0.3) is 5.91 Å². The second-order valence-electron chi connectivity index (χ2n) is 7.78. The van der Waals surface area contributed by atoms with Crippen molar-refractivity contribution in [1.82, 2.24) is 19.8 Å². The number of pyridine rings is 2. The quantitative estimate of drug-likeness (QED) is 0.658. The molecule has 0 unspecified atom stereocenters. The molecule has 5 heteroatoms. The normalized spacial score (nSPS) is 15.0. The highest BCUT2D eigenvalue weighted by Gasteiger charge is 2.24.